The topological polar surface area (TPSA) is 130 Å². The second-order valence-corrected chi connectivity index (χ2v) is 25.9. The minimum absolute atomic E-state index is 0. The molecule has 0 aromatic carbocycles. The van der Waals surface area contributed by atoms with Crippen molar-refractivity contribution in [1.82, 2.24) is 18.9 Å². The van der Waals surface area contributed by atoms with Crippen LogP contribution < -0.4 is 11.2 Å². The fourth-order valence-electron chi connectivity index (χ4n) is 5.41. The number of nitrogens with zero attached hydrogens (tertiary/aromatic N) is 3. The van der Waals surface area contributed by atoms with E-state index in [2.05, 4.69) is 104 Å². The molecular weight excluding hydrogens is 678 g/mol. The van der Waals surface area contributed by atoms with Crippen LogP contribution in [0.4, 0.5) is 0 Å². The first-order valence-electron chi connectivity index (χ1n) is 16.7. The fraction of sp³-hybridized carbons (Fsp3) is 0.875. The molecule has 3 saturated heterocycles. The summed E-state index contributed by atoms with van der Waals surface area (Å²) in [6.45, 7) is 32.6. The molecule has 11 nitrogen and oxygen atoms in total. The van der Waals surface area contributed by atoms with Crippen LogP contribution in [0.5, 0.6) is 0 Å². The largest absolute Gasteiger partial charge is 0.412 e. The Morgan fingerprint density at radius 1 is 0.957 bits per heavy atom. The molecule has 0 amide bonds. The first kappa shape index (κ1) is 42.9. The fourth-order valence-corrected chi connectivity index (χ4v) is 11.9. The van der Waals surface area contributed by atoms with Crippen molar-refractivity contribution in [3.8, 4) is 0 Å². The molecule has 3 aliphatic heterocycles. The highest BCUT2D eigenvalue weighted by atomic mass is 35.7. The number of halogens is 1. The molecule has 7 atom stereocenters. The van der Waals surface area contributed by atoms with Crippen molar-refractivity contribution in [1.29, 1.82) is 0 Å². The van der Waals surface area contributed by atoms with Crippen LogP contribution in [0.15, 0.2) is 15.8 Å². The maximum atomic E-state index is 12.6. The van der Waals surface area contributed by atoms with Gasteiger partial charge in [-0.25, -0.2) is 14.1 Å². The second-order valence-electron chi connectivity index (χ2n) is 16.8. The Balaban J connectivity index is 0.000000498. The minimum atomic E-state index is -1.71. The van der Waals surface area contributed by atoms with E-state index in [1.54, 1.807) is 13.1 Å². The van der Waals surface area contributed by atoms with E-state index in [4.69, 9.17) is 29.5 Å². The predicted octanol–water partition coefficient (Wildman–Crippen LogP) is 7.70. The summed E-state index contributed by atoms with van der Waals surface area (Å²) >= 11 is 6.13. The zero-order valence-corrected chi connectivity index (χ0v) is 34.8. The highest BCUT2D eigenvalue weighted by molar-refractivity contribution is 7.78. The molecule has 0 aliphatic carbocycles. The molecule has 0 radical (unpaired) electrons. The highest BCUT2D eigenvalue weighted by Gasteiger charge is 2.47. The van der Waals surface area contributed by atoms with Crippen molar-refractivity contribution in [2.75, 3.05) is 13.1 Å². The lowest BCUT2D eigenvalue weighted by atomic mass is 10.1. The summed E-state index contributed by atoms with van der Waals surface area (Å²) in [5, 5.41) is 0.197. The van der Waals surface area contributed by atoms with Gasteiger partial charge in [-0.1, -0.05) is 33.9 Å². The van der Waals surface area contributed by atoms with Gasteiger partial charge in [0.1, 0.15) is 6.23 Å². The van der Waals surface area contributed by atoms with Gasteiger partial charge in [0, 0.05) is 42.3 Å². The maximum Gasteiger partial charge on any atom is 0.330 e. The van der Waals surface area contributed by atoms with E-state index in [1.165, 1.54) is 4.57 Å². The zero-order valence-electron chi connectivity index (χ0n) is 31.3. The van der Waals surface area contributed by atoms with Crippen LogP contribution in [0.3, 0.4) is 0 Å². The summed E-state index contributed by atoms with van der Waals surface area (Å²) in [5.41, 5.74) is -0.267. The van der Waals surface area contributed by atoms with Crippen molar-refractivity contribution in [2.45, 2.75) is 168 Å². The second kappa shape index (κ2) is 16.4. The number of hydrogen-bond donors (Lipinski definition) is 1. The van der Waals surface area contributed by atoms with E-state index in [-0.39, 0.29) is 45.5 Å². The van der Waals surface area contributed by atoms with E-state index >= 15 is 0 Å². The molecule has 1 aromatic rings. The average Bonchev–Trinajstić information content (AvgIpc) is 3.25. The number of hydrogen-bond acceptors (Lipinski definition) is 8. The van der Waals surface area contributed by atoms with Gasteiger partial charge >= 0.3 is 5.69 Å². The summed E-state index contributed by atoms with van der Waals surface area (Å²) in [7, 11) is -3.84. The van der Waals surface area contributed by atoms with Crippen LogP contribution in [0, 0.1) is 6.92 Å². The minimum Gasteiger partial charge on any atom is -0.412 e. The third kappa shape index (κ3) is 11.4. The Hall–Kier alpha value is -0.233. The number of aromatic nitrogens is 2. The monoisotopic (exact) mass is 740 g/mol. The van der Waals surface area contributed by atoms with Crippen molar-refractivity contribution in [3.63, 3.8) is 0 Å². The first-order valence-corrected chi connectivity index (χ1v) is 23.1. The average molecular weight is 741 g/mol. The van der Waals surface area contributed by atoms with Crippen molar-refractivity contribution >= 4 is 35.5 Å². The van der Waals surface area contributed by atoms with E-state index < -0.39 is 36.2 Å². The third-order valence-corrected chi connectivity index (χ3v) is 19.7. The number of rotatable bonds is 5. The third-order valence-electron chi connectivity index (χ3n) is 9.57. The predicted molar refractivity (Wildman–Crippen MR) is 198 cm³/mol. The number of ether oxygens (including phenoxy) is 1. The molecule has 1 aromatic heterocycles. The van der Waals surface area contributed by atoms with E-state index in [9.17, 15) is 9.59 Å². The Bertz CT molecular complexity index is 1280. The summed E-state index contributed by atoms with van der Waals surface area (Å²) in [4.78, 5) is 26.9. The van der Waals surface area contributed by atoms with Crippen LogP contribution in [0.25, 0.3) is 0 Å². The van der Waals surface area contributed by atoms with Crippen LogP contribution in [0.2, 0.25) is 24.2 Å². The normalized spacial score (nSPS) is 30.0. The molecule has 3 fully saturated rings. The molecule has 0 bridgehead atoms. The van der Waals surface area contributed by atoms with Gasteiger partial charge < -0.3 is 23.8 Å². The molecule has 15 heteroatoms. The van der Waals surface area contributed by atoms with E-state index in [0.29, 0.717) is 18.1 Å². The number of H-pyrrole nitrogens is 1. The number of aryl methyl sites for hydroxylation is 1. The Morgan fingerprint density at radius 2 is 1.49 bits per heavy atom. The van der Waals surface area contributed by atoms with Crippen molar-refractivity contribution in [2.24, 2.45) is 0 Å². The standard InChI is InChI=1S/C24H44N3O5PSi.C8H17ClNOP.H2O/c1-16-14-26(22(29)25-21(16)28)20-13-18(19(30-20)15-34(9,10)24(6,7)8)32-33-27(23(3,4)5)12-11-17(2)31-33;1-7-5-6-10(8(2,3)4)12(9)11-7;/h14,17-20H,11-13,15H2,1-10H3,(H,25,28,29);7H,5-6H2,1-4H3;1H2/t17-,18?,19?,20?,33?;7-,12?;/m11./s1. The Kier molecular flexibility index (Phi) is 15.0. The van der Waals surface area contributed by atoms with Gasteiger partial charge in [-0.3, -0.25) is 14.3 Å². The van der Waals surface area contributed by atoms with Crippen LogP contribution in [-0.4, -0.2) is 81.0 Å². The molecule has 4 heterocycles. The number of nitrogens with one attached hydrogen (secondary N) is 1. The van der Waals surface area contributed by atoms with Gasteiger partial charge in [0.25, 0.3) is 14.1 Å². The molecule has 0 saturated carbocycles. The van der Waals surface area contributed by atoms with Gasteiger partial charge in [-0.15, -0.1) is 0 Å². The van der Waals surface area contributed by atoms with Gasteiger partial charge in [0.2, 0.25) is 7.65 Å². The van der Waals surface area contributed by atoms with E-state index in [1.807, 2.05) is 0 Å². The highest BCUT2D eigenvalue weighted by Crippen LogP contribution is 2.56. The summed E-state index contributed by atoms with van der Waals surface area (Å²) < 4.78 is 31.3. The lowest BCUT2D eigenvalue weighted by molar-refractivity contribution is -0.0133. The van der Waals surface area contributed by atoms with Gasteiger partial charge in [-0.2, -0.15) is 0 Å². The summed E-state index contributed by atoms with van der Waals surface area (Å²) in [6, 6.07) is 0.920. The molecule has 4 rings (SSSR count). The molecular formula is C32H63ClN4O7P2Si. The smallest absolute Gasteiger partial charge is 0.330 e. The Labute approximate surface area is 291 Å². The summed E-state index contributed by atoms with van der Waals surface area (Å²) in [5.74, 6) is 0. The van der Waals surface area contributed by atoms with E-state index in [0.717, 1.165) is 32.0 Å². The van der Waals surface area contributed by atoms with Crippen LogP contribution in [-0.2, 0) is 18.3 Å². The first-order chi connectivity index (χ1) is 20.9. The van der Waals surface area contributed by atoms with Crippen LogP contribution in [0.1, 0.15) is 107 Å². The quantitative estimate of drug-likeness (QED) is 0.240. The molecule has 5 unspecified atom stereocenters. The SMILES string of the molecule is C[C@@H]1CCN(C(C)(C)C)P(Cl)O1.Cc1cn(C2CC(OP3O[C@H](C)CCN3C(C)(C)C)C(C[Si](C)(C)C(C)(C)C)O2)c(=O)[nH]c1=O.O. The molecule has 0 spiro atoms. The molecule has 3 aliphatic rings. The lowest BCUT2D eigenvalue weighted by Gasteiger charge is -2.45. The van der Waals surface area contributed by atoms with Crippen molar-refractivity contribution < 1.29 is 23.8 Å². The van der Waals surface area contributed by atoms with Crippen LogP contribution >= 0.6 is 27.4 Å². The lowest BCUT2D eigenvalue weighted by Crippen LogP contribution is -2.45. The zero-order chi connectivity index (χ0) is 35.0. The van der Waals surface area contributed by atoms with Crippen molar-refractivity contribution in [3.05, 3.63) is 32.6 Å². The maximum absolute atomic E-state index is 12.6. The molecule has 274 valence electrons. The summed E-state index contributed by atoms with van der Waals surface area (Å²) in [6.07, 6.45) is 3.85. The van der Waals surface area contributed by atoms with Gasteiger partial charge in [-0.05, 0) is 97.5 Å². The Morgan fingerprint density at radius 3 is 2.00 bits per heavy atom. The molecule has 47 heavy (non-hydrogen) atoms. The van der Waals surface area contributed by atoms with Gasteiger partial charge in [0.05, 0.1) is 32.5 Å². The van der Waals surface area contributed by atoms with Gasteiger partial charge in [0.15, 0.2) is 0 Å². The number of aromatic amines is 1. The molecule has 3 N–H and O–H groups in total.